The molecule has 0 aliphatic carbocycles. The van der Waals surface area contributed by atoms with E-state index in [-0.39, 0.29) is 23.9 Å². The second kappa shape index (κ2) is 11.6. The van der Waals surface area contributed by atoms with Gasteiger partial charge < -0.3 is 10.1 Å². The molecule has 37 heavy (non-hydrogen) atoms. The molecular formula is C29H27ClN2O4S. The highest BCUT2D eigenvalue weighted by atomic mass is 35.5. The zero-order valence-corrected chi connectivity index (χ0v) is 22.1. The van der Waals surface area contributed by atoms with Gasteiger partial charge in [0.2, 0.25) is 10.0 Å². The van der Waals surface area contributed by atoms with Crippen LogP contribution < -0.4 is 10.1 Å². The van der Waals surface area contributed by atoms with Gasteiger partial charge in [0.05, 0.1) is 12.0 Å². The van der Waals surface area contributed by atoms with Crippen molar-refractivity contribution in [2.45, 2.75) is 24.9 Å². The first-order valence-corrected chi connectivity index (χ1v) is 13.4. The number of nitrogens with one attached hydrogen (secondary N) is 1. The van der Waals surface area contributed by atoms with Gasteiger partial charge in [-0.1, -0.05) is 54.1 Å². The Hall–Kier alpha value is -3.65. The summed E-state index contributed by atoms with van der Waals surface area (Å²) in [6.45, 7) is 2.16. The molecule has 1 amide bonds. The summed E-state index contributed by atoms with van der Waals surface area (Å²) in [4.78, 5) is 12.8. The quantitative estimate of drug-likeness (QED) is 0.273. The smallest absolute Gasteiger partial charge is 0.255 e. The normalized spacial score (nSPS) is 11.4. The Morgan fingerprint density at radius 3 is 2.22 bits per heavy atom. The van der Waals surface area contributed by atoms with Crippen LogP contribution in [0, 0.1) is 6.92 Å². The number of carbonyl (C=O) groups excluding carboxylic acids is 1. The first-order chi connectivity index (χ1) is 17.8. The molecule has 4 aromatic rings. The Kier molecular flexibility index (Phi) is 8.28. The van der Waals surface area contributed by atoms with Gasteiger partial charge in [-0.15, -0.1) is 0 Å². The van der Waals surface area contributed by atoms with Gasteiger partial charge in [0.1, 0.15) is 5.75 Å². The lowest BCUT2D eigenvalue weighted by atomic mass is 10.1. The molecule has 4 rings (SSSR count). The minimum absolute atomic E-state index is 0.133. The van der Waals surface area contributed by atoms with E-state index in [1.165, 1.54) is 16.4 Å². The highest BCUT2D eigenvalue weighted by molar-refractivity contribution is 7.89. The summed E-state index contributed by atoms with van der Waals surface area (Å²) in [5.41, 5.74) is 3.67. The molecule has 6 nitrogen and oxygen atoms in total. The van der Waals surface area contributed by atoms with Crippen LogP contribution in [-0.4, -0.2) is 25.7 Å². The highest BCUT2D eigenvalue weighted by Crippen LogP contribution is 2.25. The molecule has 4 aromatic carbocycles. The van der Waals surface area contributed by atoms with Gasteiger partial charge in [-0.3, -0.25) is 4.79 Å². The third kappa shape index (κ3) is 6.57. The molecule has 0 saturated carbocycles. The lowest BCUT2D eigenvalue weighted by Crippen LogP contribution is -2.30. The van der Waals surface area contributed by atoms with Crippen LogP contribution in [0.3, 0.4) is 0 Å². The standard InChI is InChI=1S/C29H27ClN2O4S/c1-21-6-3-4-9-28(21)29(33)31-25-14-10-22(11-15-25)19-32(20-23-7-5-8-26(18-23)36-2)37(34,35)27-16-12-24(30)13-17-27/h3-18H,19-20H2,1-2H3,(H,31,33). The van der Waals surface area contributed by atoms with E-state index in [9.17, 15) is 13.2 Å². The molecule has 0 bridgehead atoms. The summed E-state index contributed by atoms with van der Waals surface area (Å²) in [7, 11) is -2.27. The van der Waals surface area contributed by atoms with Gasteiger partial charge in [0, 0.05) is 29.4 Å². The second-order valence-electron chi connectivity index (χ2n) is 8.54. The number of nitrogens with zero attached hydrogens (tertiary/aromatic N) is 1. The predicted octanol–water partition coefficient (Wildman–Crippen LogP) is 6.30. The zero-order chi connectivity index (χ0) is 26.4. The molecule has 1 N–H and O–H groups in total. The summed E-state index contributed by atoms with van der Waals surface area (Å²) < 4.78 is 33.9. The molecule has 0 saturated heterocycles. The molecule has 0 aromatic heterocycles. The molecule has 0 aliphatic rings. The van der Waals surface area contributed by atoms with Crippen molar-refractivity contribution < 1.29 is 17.9 Å². The van der Waals surface area contributed by atoms with Crippen LogP contribution in [0.25, 0.3) is 0 Å². The Labute approximate surface area is 222 Å². The first-order valence-electron chi connectivity index (χ1n) is 11.6. The topological polar surface area (TPSA) is 75.7 Å². The number of amides is 1. The van der Waals surface area contributed by atoms with Crippen LogP contribution in [0.2, 0.25) is 5.02 Å². The molecule has 0 atom stereocenters. The summed E-state index contributed by atoms with van der Waals surface area (Å²) >= 11 is 5.98. The fourth-order valence-electron chi connectivity index (χ4n) is 3.88. The molecule has 0 aliphatic heterocycles. The SMILES string of the molecule is COc1cccc(CN(Cc2ccc(NC(=O)c3ccccc3C)cc2)S(=O)(=O)c2ccc(Cl)cc2)c1. The number of methoxy groups -OCH3 is 1. The minimum atomic E-state index is -3.84. The number of halogens is 1. The summed E-state index contributed by atoms with van der Waals surface area (Å²) in [5.74, 6) is 0.450. The van der Waals surface area contributed by atoms with Crippen molar-refractivity contribution in [3.05, 3.63) is 124 Å². The van der Waals surface area contributed by atoms with Crippen molar-refractivity contribution >= 4 is 33.2 Å². The molecular weight excluding hydrogens is 508 g/mol. The highest BCUT2D eigenvalue weighted by Gasteiger charge is 2.25. The van der Waals surface area contributed by atoms with Crippen molar-refractivity contribution in [1.82, 2.24) is 4.31 Å². The summed E-state index contributed by atoms with van der Waals surface area (Å²) in [6.07, 6.45) is 0. The third-order valence-corrected chi connectivity index (χ3v) is 7.96. The van der Waals surface area contributed by atoms with E-state index in [1.807, 2.05) is 61.5 Å². The van der Waals surface area contributed by atoms with Crippen LogP contribution in [-0.2, 0) is 23.1 Å². The predicted molar refractivity (Wildman–Crippen MR) is 146 cm³/mol. The largest absolute Gasteiger partial charge is 0.497 e. The van der Waals surface area contributed by atoms with Crippen molar-refractivity contribution in [2.75, 3.05) is 12.4 Å². The van der Waals surface area contributed by atoms with Crippen LogP contribution in [0.4, 0.5) is 5.69 Å². The Morgan fingerprint density at radius 1 is 0.865 bits per heavy atom. The van der Waals surface area contributed by atoms with Crippen molar-refractivity contribution in [3.63, 3.8) is 0 Å². The number of anilines is 1. The number of rotatable bonds is 9. The van der Waals surface area contributed by atoms with E-state index in [2.05, 4.69) is 5.32 Å². The maximum Gasteiger partial charge on any atom is 0.255 e. The van der Waals surface area contributed by atoms with E-state index < -0.39 is 10.0 Å². The summed E-state index contributed by atoms with van der Waals surface area (Å²) in [6, 6.07) is 28.0. The number of aryl methyl sites for hydroxylation is 1. The Balaban J connectivity index is 1.57. The average Bonchev–Trinajstić information content (AvgIpc) is 2.90. The van der Waals surface area contributed by atoms with Crippen molar-refractivity contribution in [3.8, 4) is 5.75 Å². The molecule has 0 fully saturated rings. The lowest BCUT2D eigenvalue weighted by molar-refractivity contribution is 0.102. The van der Waals surface area contributed by atoms with Crippen LogP contribution in [0.1, 0.15) is 27.0 Å². The van der Waals surface area contributed by atoms with Crippen molar-refractivity contribution in [2.24, 2.45) is 0 Å². The third-order valence-electron chi connectivity index (χ3n) is 5.90. The number of benzene rings is 4. The Morgan fingerprint density at radius 2 is 1.54 bits per heavy atom. The van der Waals surface area contributed by atoms with E-state index in [1.54, 1.807) is 37.4 Å². The van der Waals surface area contributed by atoms with Gasteiger partial charge >= 0.3 is 0 Å². The zero-order valence-electron chi connectivity index (χ0n) is 20.5. The maximum atomic E-state index is 13.6. The van der Waals surface area contributed by atoms with Gasteiger partial charge in [0.25, 0.3) is 5.91 Å². The molecule has 190 valence electrons. The van der Waals surface area contributed by atoms with Crippen LogP contribution >= 0.6 is 11.6 Å². The van der Waals surface area contributed by atoms with E-state index in [4.69, 9.17) is 16.3 Å². The average molecular weight is 535 g/mol. The summed E-state index contributed by atoms with van der Waals surface area (Å²) in [5, 5.41) is 3.36. The van der Waals surface area contributed by atoms with Crippen LogP contribution in [0.5, 0.6) is 5.75 Å². The van der Waals surface area contributed by atoms with Crippen molar-refractivity contribution in [1.29, 1.82) is 0 Å². The van der Waals surface area contributed by atoms with E-state index >= 15 is 0 Å². The molecule has 0 radical (unpaired) electrons. The fourth-order valence-corrected chi connectivity index (χ4v) is 5.42. The van der Waals surface area contributed by atoms with Gasteiger partial charge in [0.15, 0.2) is 0 Å². The molecule has 0 heterocycles. The number of ether oxygens (including phenoxy) is 1. The molecule has 8 heteroatoms. The Bertz CT molecular complexity index is 1490. The van der Waals surface area contributed by atoms with Gasteiger partial charge in [-0.25, -0.2) is 8.42 Å². The molecule has 0 spiro atoms. The van der Waals surface area contributed by atoms with E-state index in [0.29, 0.717) is 22.0 Å². The van der Waals surface area contributed by atoms with Gasteiger partial charge in [-0.05, 0) is 78.2 Å². The van der Waals surface area contributed by atoms with E-state index in [0.717, 1.165) is 16.7 Å². The number of sulfonamides is 1. The number of carbonyl (C=O) groups is 1. The second-order valence-corrected chi connectivity index (χ2v) is 10.9. The number of hydrogen-bond donors (Lipinski definition) is 1. The fraction of sp³-hybridized carbons (Fsp3) is 0.138. The molecule has 0 unspecified atom stereocenters. The maximum absolute atomic E-state index is 13.6. The minimum Gasteiger partial charge on any atom is -0.497 e. The van der Waals surface area contributed by atoms with Gasteiger partial charge in [-0.2, -0.15) is 4.31 Å². The first kappa shape index (κ1) is 26.4. The number of hydrogen-bond acceptors (Lipinski definition) is 4. The lowest BCUT2D eigenvalue weighted by Gasteiger charge is -2.23. The van der Waals surface area contributed by atoms with Crippen LogP contribution in [0.15, 0.2) is 102 Å². The monoisotopic (exact) mass is 534 g/mol.